The van der Waals surface area contributed by atoms with E-state index >= 15 is 0 Å². The number of azo groups is 1. The number of nitrogens with zero attached hydrogens (tertiary/aromatic N) is 4. The van der Waals surface area contributed by atoms with Crippen LogP contribution in [0.5, 0.6) is 0 Å². The van der Waals surface area contributed by atoms with E-state index in [1.165, 1.54) is 12.8 Å². The number of anilines is 1. The van der Waals surface area contributed by atoms with Gasteiger partial charge in [0.25, 0.3) is 0 Å². The van der Waals surface area contributed by atoms with Crippen LogP contribution in [0.2, 0.25) is 0 Å². The lowest BCUT2D eigenvalue weighted by molar-refractivity contribution is -0.432. The van der Waals surface area contributed by atoms with E-state index in [1.807, 2.05) is 12.1 Å². The fourth-order valence-corrected chi connectivity index (χ4v) is 4.88. The third kappa shape index (κ3) is 4.37. The summed E-state index contributed by atoms with van der Waals surface area (Å²) in [5.41, 5.74) is 2.75. The average molecular weight is 453 g/mol. The Balaban J connectivity index is 1.69. The van der Waals surface area contributed by atoms with Crippen molar-refractivity contribution in [3.05, 3.63) is 29.2 Å². The van der Waals surface area contributed by atoms with Gasteiger partial charge in [0.05, 0.1) is 16.9 Å². The summed E-state index contributed by atoms with van der Waals surface area (Å²) in [4.78, 5) is 17.8. The molecular formula is C19H21ClN4O5S. The summed E-state index contributed by atoms with van der Waals surface area (Å²) in [6.07, 6.45) is 6.89. The maximum atomic E-state index is 10.9. The van der Waals surface area contributed by atoms with E-state index in [4.69, 9.17) is 21.3 Å². The number of fused-ring (bicyclic) bond motifs is 1. The first-order valence-corrected chi connectivity index (χ1v) is 10.9. The van der Waals surface area contributed by atoms with Gasteiger partial charge in [0.2, 0.25) is 0 Å². The second kappa shape index (κ2) is 9.44. The third-order valence-corrected chi connectivity index (χ3v) is 6.50. The van der Waals surface area contributed by atoms with Gasteiger partial charge < -0.3 is 9.32 Å². The van der Waals surface area contributed by atoms with Gasteiger partial charge in [-0.25, -0.2) is 5.26 Å². The monoisotopic (exact) mass is 452 g/mol. The molecule has 0 spiro atoms. The first-order valence-electron chi connectivity index (χ1n) is 9.69. The van der Waals surface area contributed by atoms with Gasteiger partial charge in [-0.2, -0.15) is 4.98 Å². The Bertz CT molecular complexity index is 947. The van der Waals surface area contributed by atoms with Crippen LogP contribution in [0.4, 0.5) is 17.4 Å². The number of hydrogen-bond acceptors (Lipinski definition) is 10. The second-order valence-electron chi connectivity index (χ2n) is 7.25. The Morgan fingerprint density at radius 1 is 1.33 bits per heavy atom. The van der Waals surface area contributed by atoms with E-state index in [0.29, 0.717) is 28.7 Å². The molecule has 1 unspecified atom stereocenters. The Kier molecular flexibility index (Phi) is 6.69. The summed E-state index contributed by atoms with van der Waals surface area (Å²) < 4.78 is 9.99. The fraction of sp³-hybridized carbons (Fsp3) is 0.474. The zero-order chi connectivity index (χ0) is 21.1. The summed E-state index contributed by atoms with van der Waals surface area (Å²) in [5.74, 6) is 0.372. The standard InChI is InChI=1S/C19H21ClN4O5S/c1-11-15(10-25)21-19(27-11)23-22-14-8-12-6-7-18(20)24(13-4-2-3-5-13)16(12)9-17(14)30-29-28-26/h8-10,13,18,26H,2-7H2,1H3. The molecule has 0 amide bonds. The topological polar surface area (TPSA) is 110 Å². The van der Waals surface area contributed by atoms with Crippen molar-refractivity contribution in [3.63, 3.8) is 0 Å². The molecule has 4 rings (SSSR count). The van der Waals surface area contributed by atoms with Gasteiger partial charge in [0, 0.05) is 11.7 Å². The van der Waals surface area contributed by atoms with E-state index in [-0.39, 0.29) is 17.2 Å². The number of carbonyl (C=O) groups is 1. The van der Waals surface area contributed by atoms with E-state index in [0.717, 1.165) is 49.0 Å². The number of aromatic nitrogens is 1. The SMILES string of the molecule is Cc1oc(N=Nc2cc3c(cc2SOOO)N(C2CCCC2)C(Cl)CC3)nc1C=O. The molecular weight excluding hydrogens is 432 g/mol. The number of hydrogen-bond donors (Lipinski definition) is 1. The summed E-state index contributed by atoms with van der Waals surface area (Å²) in [7, 11) is 0. The molecule has 1 atom stereocenters. The number of oxazole rings is 1. The molecule has 1 saturated carbocycles. The number of aldehydes is 1. The van der Waals surface area contributed by atoms with E-state index in [9.17, 15) is 4.79 Å². The molecule has 2 aromatic rings. The van der Waals surface area contributed by atoms with Crippen molar-refractivity contribution in [2.45, 2.75) is 61.9 Å². The predicted molar refractivity (Wildman–Crippen MR) is 111 cm³/mol. The lowest BCUT2D eigenvalue weighted by Crippen LogP contribution is -2.42. The van der Waals surface area contributed by atoms with Crippen LogP contribution in [0.1, 0.15) is 53.9 Å². The number of halogens is 1. The second-order valence-corrected chi connectivity index (χ2v) is 8.50. The quantitative estimate of drug-likeness (QED) is 0.105. The molecule has 0 bridgehead atoms. The van der Waals surface area contributed by atoms with Crippen LogP contribution in [0.15, 0.2) is 31.7 Å². The van der Waals surface area contributed by atoms with Gasteiger partial charge in [0.15, 0.2) is 6.29 Å². The van der Waals surface area contributed by atoms with Gasteiger partial charge in [-0.15, -0.1) is 9.45 Å². The minimum absolute atomic E-state index is 0.0176. The van der Waals surface area contributed by atoms with Crippen LogP contribution in [0.25, 0.3) is 0 Å². The maximum Gasteiger partial charge on any atom is 0.341 e. The molecule has 0 radical (unpaired) electrons. The molecule has 9 nitrogen and oxygen atoms in total. The predicted octanol–water partition coefficient (Wildman–Crippen LogP) is 5.90. The summed E-state index contributed by atoms with van der Waals surface area (Å²) >= 11 is 7.50. The Labute approximate surface area is 182 Å². The van der Waals surface area contributed by atoms with E-state index < -0.39 is 0 Å². The summed E-state index contributed by atoms with van der Waals surface area (Å²) in [5, 5.41) is 20.6. The molecule has 160 valence electrons. The van der Waals surface area contributed by atoms with E-state index in [1.54, 1.807) is 6.92 Å². The molecule has 30 heavy (non-hydrogen) atoms. The van der Waals surface area contributed by atoms with Crippen LogP contribution < -0.4 is 4.90 Å². The molecule has 11 heteroatoms. The van der Waals surface area contributed by atoms with Crippen molar-refractivity contribution in [1.29, 1.82) is 0 Å². The van der Waals surface area contributed by atoms with Crippen LogP contribution in [0.3, 0.4) is 0 Å². The molecule has 2 heterocycles. The Hall–Kier alpha value is -1.98. The van der Waals surface area contributed by atoms with Crippen molar-refractivity contribution >= 4 is 47.3 Å². The molecule has 2 aliphatic rings. The number of benzene rings is 1. The average Bonchev–Trinajstić information content (AvgIpc) is 3.40. The van der Waals surface area contributed by atoms with Crippen LogP contribution >= 0.6 is 23.6 Å². The number of rotatable bonds is 7. The summed E-state index contributed by atoms with van der Waals surface area (Å²) in [6.45, 7) is 1.63. The zero-order valence-corrected chi connectivity index (χ0v) is 17.9. The highest BCUT2D eigenvalue weighted by atomic mass is 35.5. The minimum atomic E-state index is -0.0713. The Morgan fingerprint density at radius 3 is 2.83 bits per heavy atom. The van der Waals surface area contributed by atoms with Crippen molar-refractivity contribution in [1.82, 2.24) is 4.98 Å². The highest BCUT2D eigenvalue weighted by Crippen LogP contribution is 2.44. The van der Waals surface area contributed by atoms with Gasteiger partial charge in [0.1, 0.15) is 22.6 Å². The van der Waals surface area contributed by atoms with Crippen LogP contribution in [0, 0.1) is 6.92 Å². The van der Waals surface area contributed by atoms with E-state index in [2.05, 4.69) is 29.5 Å². The number of aryl methyl sites for hydroxylation is 2. The highest BCUT2D eigenvalue weighted by Gasteiger charge is 2.33. The molecule has 1 N–H and O–H groups in total. The lowest BCUT2D eigenvalue weighted by Gasteiger charge is -2.40. The van der Waals surface area contributed by atoms with Gasteiger partial charge in [-0.1, -0.05) is 34.6 Å². The van der Waals surface area contributed by atoms with Crippen molar-refractivity contribution in [3.8, 4) is 0 Å². The van der Waals surface area contributed by atoms with Crippen molar-refractivity contribution < 1.29 is 23.8 Å². The van der Waals surface area contributed by atoms with Crippen molar-refractivity contribution in [2.75, 3.05) is 4.90 Å². The molecule has 0 saturated heterocycles. The first-order chi connectivity index (χ1) is 14.6. The van der Waals surface area contributed by atoms with Gasteiger partial charge in [-0.3, -0.25) is 4.79 Å². The molecule has 1 fully saturated rings. The normalized spacial score (nSPS) is 19.6. The number of carbonyl (C=O) groups excluding carboxylic acids is 1. The zero-order valence-electron chi connectivity index (χ0n) is 16.3. The third-order valence-electron chi connectivity index (χ3n) is 5.44. The molecule has 1 aromatic heterocycles. The highest BCUT2D eigenvalue weighted by molar-refractivity contribution is 7.94. The van der Waals surface area contributed by atoms with Crippen LogP contribution in [-0.2, 0) is 15.8 Å². The Morgan fingerprint density at radius 2 is 2.13 bits per heavy atom. The number of alkyl halides is 1. The first kappa shape index (κ1) is 21.3. The minimum Gasteiger partial charge on any atom is -0.426 e. The maximum absolute atomic E-state index is 10.9. The summed E-state index contributed by atoms with van der Waals surface area (Å²) in [6, 6.07) is 4.24. The molecule has 1 aliphatic carbocycles. The smallest absolute Gasteiger partial charge is 0.341 e. The van der Waals surface area contributed by atoms with Crippen molar-refractivity contribution in [2.24, 2.45) is 10.2 Å². The molecule has 1 aromatic carbocycles. The van der Waals surface area contributed by atoms with Gasteiger partial charge in [-0.05, 0) is 50.3 Å². The largest absolute Gasteiger partial charge is 0.426 e. The lowest BCUT2D eigenvalue weighted by atomic mass is 9.98. The van der Waals surface area contributed by atoms with Crippen LogP contribution in [-0.4, -0.2) is 28.1 Å². The van der Waals surface area contributed by atoms with Gasteiger partial charge >= 0.3 is 6.01 Å². The molecule has 1 aliphatic heterocycles. The fourth-order valence-electron chi connectivity index (χ4n) is 4.05.